The van der Waals surface area contributed by atoms with E-state index in [4.69, 9.17) is 4.74 Å². The summed E-state index contributed by atoms with van der Waals surface area (Å²) < 4.78 is 17.3. The van der Waals surface area contributed by atoms with E-state index >= 15 is 0 Å². The molecule has 18 heavy (non-hydrogen) atoms. The molecule has 0 radical (unpaired) electrons. The molecule has 0 fully saturated rings. The fraction of sp³-hybridized carbons (Fsp3) is 0.917. The fourth-order valence-electron chi connectivity index (χ4n) is 1.43. The lowest BCUT2D eigenvalue weighted by Crippen LogP contribution is -2.52. The second-order valence-corrected chi connectivity index (χ2v) is 6.24. The van der Waals surface area contributed by atoms with E-state index in [0.717, 1.165) is 13.0 Å². The highest BCUT2D eigenvalue weighted by atomic mass is 32.2. The van der Waals surface area contributed by atoms with E-state index < -0.39 is 16.4 Å². The van der Waals surface area contributed by atoms with Gasteiger partial charge in [0.25, 0.3) is 0 Å². The molecule has 108 valence electrons. The maximum Gasteiger partial charge on any atom is 0.232 e. The van der Waals surface area contributed by atoms with Crippen molar-refractivity contribution < 1.29 is 13.7 Å². The third kappa shape index (κ3) is 6.47. The van der Waals surface area contributed by atoms with Crippen LogP contribution in [0.4, 0.5) is 0 Å². The lowest BCUT2D eigenvalue weighted by Gasteiger charge is -2.33. The molecule has 0 aliphatic carbocycles. The largest absolute Gasteiger partial charge is 0.377 e. The quantitative estimate of drug-likeness (QED) is 0.635. The monoisotopic (exact) mass is 278 g/mol. The van der Waals surface area contributed by atoms with E-state index in [2.05, 4.69) is 17.6 Å². The first-order valence-corrected chi connectivity index (χ1v) is 7.70. The predicted octanol–water partition coefficient (Wildman–Crippen LogP) is 0.274. The summed E-state index contributed by atoms with van der Waals surface area (Å²) in [6.07, 6.45) is 0.998. The third-order valence-electron chi connectivity index (χ3n) is 2.93. The highest BCUT2D eigenvalue weighted by Gasteiger charge is 2.30. The zero-order valence-corrected chi connectivity index (χ0v) is 12.9. The highest BCUT2D eigenvalue weighted by Crippen LogP contribution is 2.15. The molecule has 0 aromatic rings. The minimum absolute atomic E-state index is 0.0343. The molecule has 2 atom stereocenters. The van der Waals surface area contributed by atoms with Crippen LogP contribution in [0.2, 0.25) is 0 Å². The number of carbonyl (C=O) groups excluding carboxylic acids is 1. The first-order valence-electron chi connectivity index (χ1n) is 6.21. The molecular formula is C12H26N2O3S. The summed E-state index contributed by atoms with van der Waals surface area (Å²) in [5.41, 5.74) is -0.409. The Bertz CT molecular complexity index is 282. The molecule has 6 heteroatoms. The Balaban J connectivity index is 4.49. The van der Waals surface area contributed by atoms with Crippen LogP contribution in [0.1, 0.15) is 27.2 Å². The van der Waals surface area contributed by atoms with Gasteiger partial charge < -0.3 is 15.4 Å². The molecule has 2 N–H and O–H groups in total. The molecule has 0 aromatic carbocycles. The molecule has 0 aromatic heterocycles. The molecule has 0 aliphatic rings. The second kappa shape index (κ2) is 8.61. The Kier molecular flexibility index (Phi) is 8.39. The number of hydrogen-bond acceptors (Lipinski definition) is 4. The van der Waals surface area contributed by atoms with Crippen molar-refractivity contribution in [2.75, 3.05) is 32.2 Å². The van der Waals surface area contributed by atoms with E-state index in [1.807, 2.05) is 13.8 Å². The van der Waals surface area contributed by atoms with Crippen LogP contribution in [0, 0.1) is 0 Å². The van der Waals surface area contributed by atoms with Crippen molar-refractivity contribution in [2.24, 2.45) is 0 Å². The number of hydrogen-bond donors (Lipinski definition) is 2. The van der Waals surface area contributed by atoms with E-state index in [-0.39, 0.29) is 17.7 Å². The molecule has 0 aliphatic heterocycles. The van der Waals surface area contributed by atoms with Crippen molar-refractivity contribution >= 4 is 16.7 Å². The molecule has 0 rings (SSSR count). The van der Waals surface area contributed by atoms with Crippen LogP contribution in [0.3, 0.4) is 0 Å². The molecule has 5 nitrogen and oxygen atoms in total. The highest BCUT2D eigenvalue weighted by molar-refractivity contribution is 7.85. The molecule has 0 bridgehead atoms. The zero-order valence-electron chi connectivity index (χ0n) is 12.0. The molecule has 0 saturated carbocycles. The number of carbonyl (C=O) groups is 1. The average molecular weight is 278 g/mol. The van der Waals surface area contributed by atoms with Crippen molar-refractivity contribution in [3.8, 4) is 0 Å². The van der Waals surface area contributed by atoms with Gasteiger partial charge in [0.1, 0.15) is 5.75 Å². The van der Waals surface area contributed by atoms with Crippen molar-refractivity contribution in [1.82, 2.24) is 10.6 Å². The Morgan fingerprint density at radius 2 is 2.06 bits per heavy atom. The maximum absolute atomic E-state index is 11.9. The summed E-state index contributed by atoms with van der Waals surface area (Å²) in [7, 11) is 2.00. The number of amides is 1. The van der Waals surface area contributed by atoms with Gasteiger partial charge in [-0.1, -0.05) is 6.92 Å². The van der Waals surface area contributed by atoms with Crippen LogP contribution in [0.25, 0.3) is 0 Å². The summed E-state index contributed by atoms with van der Waals surface area (Å²) in [5, 5.41) is 5.81. The van der Waals surface area contributed by atoms with Crippen molar-refractivity contribution in [1.29, 1.82) is 0 Å². The smallest absolute Gasteiger partial charge is 0.232 e. The summed E-state index contributed by atoms with van der Waals surface area (Å²) in [5.74, 6) is 0.257. The molecule has 0 saturated heterocycles. The van der Waals surface area contributed by atoms with E-state index in [1.165, 1.54) is 0 Å². The lowest BCUT2D eigenvalue weighted by molar-refractivity contribution is -0.118. The Labute approximate surface area is 113 Å². The van der Waals surface area contributed by atoms with Gasteiger partial charge in [-0.3, -0.25) is 9.00 Å². The van der Waals surface area contributed by atoms with E-state index in [9.17, 15) is 9.00 Å². The Hall–Kier alpha value is -0.460. The van der Waals surface area contributed by atoms with Crippen LogP contribution in [-0.4, -0.2) is 54.0 Å². The number of methoxy groups -OCH3 is 1. The second-order valence-electron chi connectivity index (χ2n) is 4.74. The van der Waals surface area contributed by atoms with E-state index in [0.29, 0.717) is 5.75 Å². The van der Waals surface area contributed by atoms with Gasteiger partial charge in [-0.05, 0) is 26.8 Å². The Morgan fingerprint density at radius 1 is 1.44 bits per heavy atom. The molecule has 2 unspecified atom stereocenters. The normalized spacial score (nSPS) is 15.2. The zero-order chi connectivity index (χ0) is 14.2. The molecular weight excluding hydrogens is 252 g/mol. The molecule has 1 amide bonds. The fourth-order valence-corrected chi connectivity index (χ4v) is 2.88. The first-order chi connectivity index (χ1) is 8.37. The maximum atomic E-state index is 11.9. The van der Waals surface area contributed by atoms with Crippen LogP contribution in [0.15, 0.2) is 0 Å². The van der Waals surface area contributed by atoms with Crippen LogP contribution >= 0.6 is 0 Å². The van der Waals surface area contributed by atoms with Gasteiger partial charge >= 0.3 is 0 Å². The SMILES string of the molecule is CCCNC(CS(=O)CC(=O)NC)C(C)(C)OC. The van der Waals surface area contributed by atoms with Crippen molar-refractivity contribution in [3.63, 3.8) is 0 Å². The van der Waals surface area contributed by atoms with Gasteiger partial charge in [-0.25, -0.2) is 0 Å². The summed E-state index contributed by atoms with van der Waals surface area (Å²) in [6.45, 7) is 6.83. The first kappa shape index (κ1) is 17.5. The van der Waals surface area contributed by atoms with Crippen LogP contribution in [0.5, 0.6) is 0 Å². The van der Waals surface area contributed by atoms with Gasteiger partial charge in [0.2, 0.25) is 5.91 Å². The Morgan fingerprint density at radius 3 is 2.50 bits per heavy atom. The topological polar surface area (TPSA) is 67.4 Å². The number of nitrogens with one attached hydrogen (secondary N) is 2. The molecule has 0 spiro atoms. The van der Waals surface area contributed by atoms with Gasteiger partial charge in [0.05, 0.1) is 5.60 Å². The van der Waals surface area contributed by atoms with Crippen LogP contribution < -0.4 is 10.6 Å². The standard InChI is InChI=1S/C12H26N2O3S/c1-6-7-14-10(12(2,3)17-5)8-18(16)9-11(15)13-4/h10,14H,6-9H2,1-5H3,(H,13,15). The van der Waals surface area contributed by atoms with Crippen LogP contribution in [-0.2, 0) is 20.3 Å². The van der Waals surface area contributed by atoms with Gasteiger partial charge in [-0.15, -0.1) is 0 Å². The third-order valence-corrected chi connectivity index (χ3v) is 4.22. The summed E-state index contributed by atoms with van der Waals surface area (Å²) in [6, 6.07) is -0.0343. The van der Waals surface area contributed by atoms with Gasteiger partial charge in [0, 0.05) is 36.8 Å². The minimum Gasteiger partial charge on any atom is -0.377 e. The van der Waals surface area contributed by atoms with Gasteiger partial charge in [-0.2, -0.15) is 0 Å². The minimum atomic E-state index is -1.19. The van der Waals surface area contributed by atoms with E-state index in [1.54, 1.807) is 14.2 Å². The number of rotatable bonds is 9. The molecule has 0 heterocycles. The van der Waals surface area contributed by atoms with Crippen molar-refractivity contribution in [3.05, 3.63) is 0 Å². The summed E-state index contributed by atoms with van der Waals surface area (Å²) in [4.78, 5) is 11.2. The van der Waals surface area contributed by atoms with Gasteiger partial charge in [0.15, 0.2) is 0 Å². The average Bonchev–Trinajstić information content (AvgIpc) is 2.33. The summed E-state index contributed by atoms with van der Waals surface area (Å²) >= 11 is 0. The predicted molar refractivity (Wildman–Crippen MR) is 75.1 cm³/mol. The number of ether oxygens (including phenoxy) is 1. The lowest BCUT2D eigenvalue weighted by atomic mass is 10.0. The van der Waals surface area contributed by atoms with Crippen molar-refractivity contribution in [2.45, 2.75) is 38.8 Å².